The molecule has 1 aliphatic carbocycles. The highest BCUT2D eigenvalue weighted by Gasteiger charge is 2.36. The van der Waals surface area contributed by atoms with Gasteiger partial charge in [-0.05, 0) is 55.7 Å². The topological polar surface area (TPSA) is 71.4 Å². The van der Waals surface area contributed by atoms with E-state index in [0.29, 0.717) is 23.7 Å². The predicted molar refractivity (Wildman–Crippen MR) is 94.3 cm³/mol. The summed E-state index contributed by atoms with van der Waals surface area (Å²) in [5.74, 6) is -0.353. The number of fused-ring (bicyclic) bond motifs is 3. The van der Waals surface area contributed by atoms with Gasteiger partial charge >= 0.3 is 6.36 Å². The molecule has 4 rings (SSSR count). The first-order chi connectivity index (χ1) is 12.8. The number of nitrogens with zero attached hydrogens (tertiary/aromatic N) is 1. The average Bonchev–Trinajstić information content (AvgIpc) is 3.26. The van der Waals surface area contributed by atoms with Gasteiger partial charge in [-0.2, -0.15) is 0 Å². The van der Waals surface area contributed by atoms with Crippen LogP contribution >= 0.6 is 0 Å². The number of likely N-dealkylation sites (tertiary alicyclic amines) is 1. The number of carbonyl (C=O) groups excluding carboxylic acids is 1. The Hall–Kier alpha value is -2.22. The van der Waals surface area contributed by atoms with Crippen LogP contribution in [0.4, 0.5) is 13.2 Å². The van der Waals surface area contributed by atoms with Gasteiger partial charge in [0, 0.05) is 29.7 Å². The number of aromatic amines is 1. The molecule has 0 radical (unpaired) electrons. The van der Waals surface area contributed by atoms with E-state index in [1.807, 2.05) is 0 Å². The first-order valence-corrected chi connectivity index (χ1v) is 9.26. The van der Waals surface area contributed by atoms with Crippen LogP contribution in [-0.2, 0) is 17.6 Å². The first-order valence-electron chi connectivity index (χ1n) is 9.26. The van der Waals surface area contributed by atoms with Crippen LogP contribution in [0.15, 0.2) is 18.2 Å². The summed E-state index contributed by atoms with van der Waals surface area (Å²) >= 11 is 0. The van der Waals surface area contributed by atoms with Crippen LogP contribution in [0, 0.1) is 5.92 Å². The molecular formula is C19H22F3N3O2. The number of rotatable bonds is 3. The summed E-state index contributed by atoms with van der Waals surface area (Å²) in [5.41, 5.74) is 8.57. The number of amides is 1. The maximum Gasteiger partial charge on any atom is 0.573 e. The minimum absolute atomic E-state index is 0.0486. The molecule has 0 saturated carbocycles. The Morgan fingerprint density at radius 1 is 1.30 bits per heavy atom. The fourth-order valence-corrected chi connectivity index (χ4v) is 4.33. The minimum Gasteiger partial charge on any atom is -0.405 e. The maximum atomic E-state index is 12.8. The van der Waals surface area contributed by atoms with Crippen molar-refractivity contribution in [2.24, 2.45) is 11.7 Å². The molecule has 2 atom stereocenters. The third-order valence-corrected chi connectivity index (χ3v) is 5.65. The number of aryl methyl sites for hydroxylation is 1. The van der Waals surface area contributed by atoms with Crippen LogP contribution in [0.2, 0.25) is 0 Å². The van der Waals surface area contributed by atoms with E-state index < -0.39 is 12.4 Å². The van der Waals surface area contributed by atoms with Crippen LogP contribution in [-0.4, -0.2) is 41.3 Å². The van der Waals surface area contributed by atoms with E-state index in [-0.39, 0.29) is 17.6 Å². The fraction of sp³-hybridized carbons (Fsp3) is 0.526. The molecule has 8 heteroatoms. The van der Waals surface area contributed by atoms with Crippen molar-refractivity contribution in [3.63, 3.8) is 0 Å². The van der Waals surface area contributed by atoms with Gasteiger partial charge in [-0.25, -0.2) is 0 Å². The van der Waals surface area contributed by atoms with Crippen molar-refractivity contribution in [1.82, 2.24) is 9.88 Å². The van der Waals surface area contributed by atoms with Crippen molar-refractivity contribution >= 4 is 16.8 Å². The lowest BCUT2D eigenvalue weighted by atomic mass is 9.81. The lowest BCUT2D eigenvalue weighted by molar-refractivity contribution is -0.274. The second-order valence-electron chi connectivity index (χ2n) is 7.37. The molecule has 1 aromatic heterocycles. The molecule has 3 N–H and O–H groups in total. The zero-order valence-electron chi connectivity index (χ0n) is 14.8. The number of benzene rings is 1. The van der Waals surface area contributed by atoms with E-state index in [4.69, 9.17) is 5.73 Å². The summed E-state index contributed by atoms with van der Waals surface area (Å²) in [6, 6.07) is 3.96. The highest BCUT2D eigenvalue weighted by molar-refractivity contribution is 5.91. The van der Waals surface area contributed by atoms with Crippen molar-refractivity contribution in [2.75, 3.05) is 13.1 Å². The molecule has 27 heavy (non-hydrogen) atoms. The number of nitrogens with one attached hydrogen (secondary N) is 1. The number of hydrogen-bond acceptors (Lipinski definition) is 3. The summed E-state index contributed by atoms with van der Waals surface area (Å²) in [4.78, 5) is 17.6. The zero-order chi connectivity index (χ0) is 19.2. The lowest BCUT2D eigenvalue weighted by Crippen LogP contribution is -2.48. The van der Waals surface area contributed by atoms with Crippen LogP contribution in [0.5, 0.6) is 5.75 Å². The Morgan fingerprint density at radius 2 is 2.04 bits per heavy atom. The monoisotopic (exact) mass is 381 g/mol. The number of ether oxygens (including phenoxy) is 1. The van der Waals surface area contributed by atoms with E-state index >= 15 is 0 Å². The zero-order valence-corrected chi connectivity index (χ0v) is 14.8. The summed E-state index contributed by atoms with van der Waals surface area (Å²) in [7, 11) is 0. The number of aromatic nitrogens is 1. The number of H-pyrrole nitrogens is 1. The van der Waals surface area contributed by atoms with E-state index in [1.165, 1.54) is 12.1 Å². The second kappa shape index (κ2) is 6.74. The van der Waals surface area contributed by atoms with Gasteiger partial charge in [0.2, 0.25) is 5.91 Å². The second-order valence-corrected chi connectivity index (χ2v) is 7.37. The Labute approximate surface area is 154 Å². The molecule has 5 nitrogen and oxygen atoms in total. The Bertz CT molecular complexity index is 856. The standard InChI is InChI=1S/C19H22F3N3O2/c20-19(21,22)27-15-5-3-4-14-16(15)12-10-11(6-7-13(12)24-14)17(23)18(26)25-8-1-2-9-25/h3-5,11,17,24H,1-2,6-10,23H2/t11?,17-/m0/s1. The summed E-state index contributed by atoms with van der Waals surface area (Å²) in [5, 5.41) is 0.440. The number of nitrogens with two attached hydrogens (primary N) is 1. The van der Waals surface area contributed by atoms with Gasteiger partial charge in [0.1, 0.15) is 5.75 Å². The third-order valence-electron chi connectivity index (χ3n) is 5.65. The molecule has 1 saturated heterocycles. The highest BCUT2D eigenvalue weighted by Crippen LogP contribution is 2.39. The molecule has 2 aromatic rings. The molecule has 1 fully saturated rings. The Kier molecular flexibility index (Phi) is 4.53. The van der Waals surface area contributed by atoms with Crippen molar-refractivity contribution < 1.29 is 22.7 Å². The third kappa shape index (κ3) is 3.50. The Morgan fingerprint density at radius 3 is 2.74 bits per heavy atom. The van der Waals surface area contributed by atoms with Crippen LogP contribution in [0.1, 0.15) is 30.5 Å². The quantitative estimate of drug-likeness (QED) is 0.858. The average molecular weight is 381 g/mol. The van der Waals surface area contributed by atoms with Crippen molar-refractivity contribution in [1.29, 1.82) is 0 Å². The summed E-state index contributed by atoms with van der Waals surface area (Å²) < 4.78 is 42.6. The van der Waals surface area contributed by atoms with E-state index in [0.717, 1.165) is 43.6 Å². The molecule has 0 bridgehead atoms. The molecular weight excluding hydrogens is 359 g/mol. The smallest absolute Gasteiger partial charge is 0.405 e. The van der Waals surface area contributed by atoms with Crippen LogP contribution in [0.3, 0.4) is 0 Å². The minimum atomic E-state index is -4.76. The predicted octanol–water partition coefficient (Wildman–Crippen LogP) is 3.12. The maximum absolute atomic E-state index is 12.8. The van der Waals surface area contributed by atoms with Gasteiger partial charge in [-0.3, -0.25) is 4.79 Å². The van der Waals surface area contributed by atoms with E-state index in [9.17, 15) is 18.0 Å². The van der Waals surface area contributed by atoms with Gasteiger partial charge in [0.05, 0.1) is 6.04 Å². The van der Waals surface area contributed by atoms with Crippen molar-refractivity contribution in [3.05, 3.63) is 29.5 Å². The molecule has 2 heterocycles. The summed E-state index contributed by atoms with van der Waals surface area (Å²) in [6.07, 6.45) is -0.915. The molecule has 1 amide bonds. The number of carbonyl (C=O) groups is 1. The fourth-order valence-electron chi connectivity index (χ4n) is 4.33. The summed E-state index contributed by atoms with van der Waals surface area (Å²) in [6.45, 7) is 1.47. The Balaban J connectivity index is 1.63. The largest absolute Gasteiger partial charge is 0.573 e. The normalized spacial score (nSPS) is 21.3. The molecule has 1 aromatic carbocycles. The van der Waals surface area contributed by atoms with Gasteiger partial charge in [0.25, 0.3) is 0 Å². The number of hydrogen-bond donors (Lipinski definition) is 2. The molecule has 0 spiro atoms. The van der Waals surface area contributed by atoms with Crippen molar-refractivity contribution in [3.8, 4) is 5.75 Å². The van der Waals surface area contributed by atoms with Crippen molar-refractivity contribution in [2.45, 2.75) is 44.5 Å². The van der Waals surface area contributed by atoms with Gasteiger partial charge in [0.15, 0.2) is 0 Å². The molecule has 2 aliphatic rings. The van der Waals surface area contributed by atoms with Gasteiger partial charge in [-0.1, -0.05) is 6.07 Å². The molecule has 1 aliphatic heterocycles. The first kappa shape index (κ1) is 18.2. The van der Waals surface area contributed by atoms with E-state index in [1.54, 1.807) is 11.0 Å². The SMILES string of the molecule is N[C@H](C(=O)N1CCCC1)C1CCc2[nH]c3cccc(OC(F)(F)F)c3c2C1. The van der Waals surface area contributed by atoms with Gasteiger partial charge < -0.3 is 20.4 Å². The molecule has 146 valence electrons. The van der Waals surface area contributed by atoms with E-state index in [2.05, 4.69) is 9.72 Å². The highest BCUT2D eigenvalue weighted by atomic mass is 19.4. The van der Waals surface area contributed by atoms with Gasteiger partial charge in [-0.15, -0.1) is 13.2 Å². The lowest BCUT2D eigenvalue weighted by Gasteiger charge is -2.30. The van der Waals surface area contributed by atoms with Crippen LogP contribution < -0.4 is 10.5 Å². The number of halogens is 3. The van der Waals surface area contributed by atoms with Crippen LogP contribution in [0.25, 0.3) is 10.9 Å². The number of alkyl halides is 3. The molecule has 1 unspecified atom stereocenters.